The fourth-order valence-electron chi connectivity index (χ4n) is 1.15. The van der Waals surface area contributed by atoms with Gasteiger partial charge in [0.1, 0.15) is 5.78 Å². The number of hydrogen-bond donors (Lipinski definition) is 0. The summed E-state index contributed by atoms with van der Waals surface area (Å²) >= 11 is 3.02. The molecule has 0 atom stereocenters. The van der Waals surface area contributed by atoms with Crippen LogP contribution in [0.5, 0.6) is 0 Å². The first-order valence-corrected chi connectivity index (χ1v) is 7.26. The van der Waals surface area contributed by atoms with Crippen molar-refractivity contribution in [2.24, 2.45) is 0 Å². The summed E-state index contributed by atoms with van der Waals surface area (Å²) in [5.74, 6) is 0.974. The lowest BCUT2D eigenvalue weighted by Gasteiger charge is -2.01. The van der Waals surface area contributed by atoms with Crippen molar-refractivity contribution in [3.63, 3.8) is 0 Å². The fourth-order valence-corrected chi connectivity index (χ4v) is 2.30. The Labute approximate surface area is 104 Å². The molecular weight excluding hydrogens is 240 g/mol. The molecule has 0 saturated carbocycles. The lowest BCUT2D eigenvalue weighted by atomic mass is 10.1. The number of hydrogen-bond acceptors (Lipinski definition) is 4. The average Bonchev–Trinajstić information content (AvgIpc) is 2.28. The van der Waals surface area contributed by atoms with Gasteiger partial charge in [-0.25, -0.2) is 0 Å². The van der Waals surface area contributed by atoms with E-state index in [1.807, 2.05) is 30.5 Å². The molecule has 0 spiro atoms. The van der Waals surface area contributed by atoms with Crippen LogP contribution in [0.4, 0.5) is 0 Å². The Morgan fingerprint density at radius 3 is 2.25 bits per heavy atom. The van der Waals surface area contributed by atoms with E-state index in [0.717, 1.165) is 4.90 Å². The second-order valence-electron chi connectivity index (χ2n) is 3.35. The van der Waals surface area contributed by atoms with Crippen molar-refractivity contribution >= 4 is 35.1 Å². The Balaban J connectivity index is 2.49. The number of carbonyl (C=O) groups excluding carboxylic acids is 2. The van der Waals surface area contributed by atoms with Crippen LogP contribution in [0.2, 0.25) is 0 Å². The van der Waals surface area contributed by atoms with Gasteiger partial charge in [0.2, 0.25) is 0 Å². The molecule has 0 radical (unpaired) electrons. The Kier molecular flexibility index (Phi) is 5.63. The second-order valence-corrected chi connectivity index (χ2v) is 5.21. The maximum Gasteiger partial charge on any atom is 0.172 e. The topological polar surface area (TPSA) is 34.1 Å². The van der Waals surface area contributed by atoms with Crippen LogP contribution in [-0.4, -0.2) is 29.3 Å². The molecule has 0 fully saturated rings. The van der Waals surface area contributed by atoms with E-state index >= 15 is 0 Å². The third-order valence-corrected chi connectivity index (χ3v) is 3.77. The van der Waals surface area contributed by atoms with Crippen molar-refractivity contribution in [1.82, 2.24) is 0 Å². The van der Waals surface area contributed by atoms with Crippen LogP contribution in [0.15, 0.2) is 29.2 Å². The van der Waals surface area contributed by atoms with Gasteiger partial charge in [-0.1, -0.05) is 12.1 Å². The molecule has 0 aliphatic rings. The molecule has 16 heavy (non-hydrogen) atoms. The number of carbonyl (C=O) groups is 2. The van der Waals surface area contributed by atoms with Crippen molar-refractivity contribution in [3.8, 4) is 0 Å². The fraction of sp³-hybridized carbons (Fsp3) is 0.333. The number of ketones is 2. The molecule has 2 nitrogen and oxygen atoms in total. The summed E-state index contributed by atoms with van der Waals surface area (Å²) in [5, 5.41) is 0. The van der Waals surface area contributed by atoms with Gasteiger partial charge in [-0.05, 0) is 25.3 Å². The molecule has 1 aromatic rings. The Morgan fingerprint density at radius 1 is 1.12 bits per heavy atom. The highest BCUT2D eigenvalue weighted by atomic mass is 32.2. The molecule has 0 N–H and O–H groups in total. The largest absolute Gasteiger partial charge is 0.299 e. The molecule has 1 aromatic carbocycles. The number of thioether (sulfide) groups is 2. The van der Waals surface area contributed by atoms with E-state index in [1.165, 1.54) is 18.7 Å². The molecule has 0 aliphatic carbocycles. The van der Waals surface area contributed by atoms with Gasteiger partial charge in [0.05, 0.1) is 11.5 Å². The van der Waals surface area contributed by atoms with Crippen LogP contribution >= 0.6 is 23.5 Å². The lowest BCUT2D eigenvalue weighted by molar-refractivity contribution is -0.114. The molecule has 86 valence electrons. The van der Waals surface area contributed by atoms with Crippen LogP contribution in [0, 0.1) is 0 Å². The van der Waals surface area contributed by atoms with Crippen LogP contribution in [-0.2, 0) is 4.79 Å². The second kappa shape index (κ2) is 6.76. The predicted octanol–water partition coefficient (Wildman–Crippen LogP) is 2.91. The van der Waals surface area contributed by atoms with E-state index in [-0.39, 0.29) is 11.6 Å². The molecule has 1 rings (SSSR count). The standard InChI is InChI=1S/C12H14O2S2/c1-9(13)7-16-8-12(14)10-3-5-11(15-2)6-4-10/h3-6H,7-8H2,1-2H3. The van der Waals surface area contributed by atoms with Crippen LogP contribution in [0.1, 0.15) is 17.3 Å². The van der Waals surface area contributed by atoms with Crippen molar-refractivity contribution in [3.05, 3.63) is 29.8 Å². The van der Waals surface area contributed by atoms with Gasteiger partial charge in [0.25, 0.3) is 0 Å². The van der Waals surface area contributed by atoms with Crippen LogP contribution in [0.3, 0.4) is 0 Å². The summed E-state index contributed by atoms with van der Waals surface area (Å²) in [6.45, 7) is 1.53. The Hall–Kier alpha value is -0.740. The van der Waals surface area contributed by atoms with Gasteiger partial charge in [-0.2, -0.15) is 0 Å². The van der Waals surface area contributed by atoms with Gasteiger partial charge in [-0.15, -0.1) is 23.5 Å². The third kappa shape index (κ3) is 4.41. The zero-order chi connectivity index (χ0) is 12.0. The van der Waals surface area contributed by atoms with Gasteiger partial charge < -0.3 is 0 Å². The van der Waals surface area contributed by atoms with E-state index < -0.39 is 0 Å². The van der Waals surface area contributed by atoms with Gasteiger partial charge >= 0.3 is 0 Å². The van der Waals surface area contributed by atoms with Crippen molar-refractivity contribution in [1.29, 1.82) is 0 Å². The summed E-state index contributed by atoms with van der Waals surface area (Å²) in [4.78, 5) is 23.5. The van der Waals surface area contributed by atoms with E-state index in [0.29, 0.717) is 17.1 Å². The van der Waals surface area contributed by atoms with Crippen LogP contribution in [0.25, 0.3) is 0 Å². The van der Waals surface area contributed by atoms with Crippen LogP contribution < -0.4 is 0 Å². The smallest absolute Gasteiger partial charge is 0.172 e. The summed E-state index contributed by atoms with van der Waals surface area (Å²) in [6, 6.07) is 7.55. The minimum absolute atomic E-state index is 0.0823. The van der Waals surface area contributed by atoms with E-state index in [1.54, 1.807) is 11.8 Å². The van der Waals surface area contributed by atoms with Gasteiger partial charge in [-0.3, -0.25) is 9.59 Å². The first-order chi connectivity index (χ1) is 7.63. The van der Waals surface area contributed by atoms with E-state index in [4.69, 9.17) is 0 Å². The molecule has 0 saturated heterocycles. The van der Waals surface area contributed by atoms with E-state index in [9.17, 15) is 9.59 Å². The molecule has 0 bridgehead atoms. The molecule has 0 aliphatic heterocycles. The number of rotatable bonds is 6. The monoisotopic (exact) mass is 254 g/mol. The van der Waals surface area contributed by atoms with E-state index in [2.05, 4.69) is 0 Å². The quantitative estimate of drug-likeness (QED) is 0.577. The van der Waals surface area contributed by atoms with Gasteiger partial charge in [0, 0.05) is 10.5 Å². The Morgan fingerprint density at radius 2 is 1.75 bits per heavy atom. The Bertz CT molecular complexity index is 371. The summed E-state index contributed by atoms with van der Waals surface area (Å²) in [6.07, 6.45) is 2.00. The minimum Gasteiger partial charge on any atom is -0.299 e. The molecule has 0 aromatic heterocycles. The lowest BCUT2D eigenvalue weighted by Crippen LogP contribution is -2.04. The van der Waals surface area contributed by atoms with Crippen molar-refractivity contribution in [2.75, 3.05) is 17.8 Å². The number of Topliss-reactive ketones (excluding diaryl/α,β-unsaturated/α-hetero) is 2. The summed E-state index contributed by atoms with van der Waals surface area (Å²) in [5.41, 5.74) is 0.717. The van der Waals surface area contributed by atoms with Crippen molar-refractivity contribution in [2.45, 2.75) is 11.8 Å². The highest BCUT2D eigenvalue weighted by Gasteiger charge is 2.06. The highest BCUT2D eigenvalue weighted by Crippen LogP contribution is 2.16. The average molecular weight is 254 g/mol. The molecule has 0 unspecified atom stereocenters. The first-order valence-electron chi connectivity index (χ1n) is 4.88. The maximum absolute atomic E-state index is 11.7. The molecular formula is C12H14O2S2. The SMILES string of the molecule is CSc1ccc(C(=O)CSCC(C)=O)cc1. The third-order valence-electron chi connectivity index (χ3n) is 1.95. The zero-order valence-corrected chi connectivity index (χ0v) is 11.0. The highest BCUT2D eigenvalue weighted by molar-refractivity contribution is 8.00. The summed E-state index contributed by atoms with van der Waals surface area (Å²) < 4.78 is 0. The summed E-state index contributed by atoms with van der Waals surface area (Å²) in [7, 11) is 0. The maximum atomic E-state index is 11.7. The molecule has 0 amide bonds. The zero-order valence-electron chi connectivity index (χ0n) is 9.36. The number of benzene rings is 1. The molecule has 0 heterocycles. The molecule has 4 heteroatoms. The minimum atomic E-state index is 0.0823. The predicted molar refractivity (Wildman–Crippen MR) is 70.6 cm³/mol. The van der Waals surface area contributed by atoms with Gasteiger partial charge in [0.15, 0.2) is 5.78 Å². The normalized spacial score (nSPS) is 10.1. The first kappa shape index (κ1) is 13.3. The van der Waals surface area contributed by atoms with Crippen molar-refractivity contribution < 1.29 is 9.59 Å².